The van der Waals surface area contributed by atoms with E-state index in [-0.39, 0.29) is 18.0 Å². The Morgan fingerprint density at radius 2 is 1.88 bits per heavy atom. The molecular weight excluding hydrogens is 464 g/mol. The highest BCUT2D eigenvalue weighted by Crippen LogP contribution is 2.34. The van der Waals surface area contributed by atoms with E-state index < -0.39 is 16.2 Å². The normalized spacial score (nSPS) is 11.1. The third kappa shape index (κ3) is 4.66. The summed E-state index contributed by atoms with van der Waals surface area (Å²) in [5, 5.41) is 15.5. The lowest BCUT2D eigenvalue weighted by atomic mass is 10.2. The second-order valence-electron chi connectivity index (χ2n) is 7.08. The Labute approximate surface area is 196 Å². The predicted octanol–water partition coefficient (Wildman–Crippen LogP) is 3.72. The van der Waals surface area contributed by atoms with Gasteiger partial charge in [-0.15, -0.1) is 4.68 Å². The number of non-ortho nitro benzene ring substituents is 1. The molecule has 34 heavy (non-hydrogen) atoms. The molecule has 0 aliphatic rings. The van der Waals surface area contributed by atoms with Gasteiger partial charge >= 0.3 is 5.69 Å². The van der Waals surface area contributed by atoms with Crippen LogP contribution in [-0.4, -0.2) is 27.9 Å². The first-order valence-corrected chi connectivity index (χ1v) is 10.3. The lowest BCUT2D eigenvalue weighted by Crippen LogP contribution is -2.32. The number of rotatable bonds is 7. The molecule has 0 saturated heterocycles. The Morgan fingerprint density at radius 3 is 2.59 bits per heavy atom. The number of para-hydroxylation sites is 1. The fraction of sp³-hybridized carbons (Fsp3) is 0.0870. The SMILES string of the molecule is COc1cc(Cl)cc(C=Nn2c(=O)[nH]c3ccccc3c2=O)c1OCc1ccc([N+](=O)[O-])cc1. The van der Waals surface area contributed by atoms with Crippen molar-refractivity contribution in [3.05, 3.63) is 108 Å². The average molecular weight is 481 g/mol. The Hall–Kier alpha value is -4.44. The number of H-pyrrole nitrogens is 1. The lowest BCUT2D eigenvalue weighted by Gasteiger charge is -2.14. The van der Waals surface area contributed by atoms with Crippen molar-refractivity contribution >= 4 is 34.4 Å². The van der Waals surface area contributed by atoms with E-state index in [4.69, 9.17) is 21.1 Å². The van der Waals surface area contributed by atoms with Crippen molar-refractivity contribution in [2.24, 2.45) is 5.10 Å². The molecule has 1 heterocycles. The van der Waals surface area contributed by atoms with Gasteiger partial charge in [0.05, 0.1) is 29.2 Å². The molecule has 0 fully saturated rings. The summed E-state index contributed by atoms with van der Waals surface area (Å²) in [6.07, 6.45) is 1.27. The van der Waals surface area contributed by atoms with Crippen molar-refractivity contribution in [1.29, 1.82) is 0 Å². The maximum atomic E-state index is 12.7. The number of ether oxygens (including phenoxy) is 2. The van der Waals surface area contributed by atoms with Crippen LogP contribution in [-0.2, 0) is 6.61 Å². The van der Waals surface area contributed by atoms with Gasteiger partial charge in [-0.05, 0) is 35.9 Å². The van der Waals surface area contributed by atoms with Crippen LogP contribution >= 0.6 is 11.6 Å². The standard InChI is InChI=1S/C23H17ClN4O6/c1-33-20-11-16(24)10-15(21(20)34-13-14-6-8-17(9-7-14)28(31)32)12-25-27-22(29)18-4-2-3-5-19(18)26-23(27)30/h2-12H,13H2,1H3,(H,26,30). The predicted molar refractivity (Wildman–Crippen MR) is 127 cm³/mol. The molecular formula is C23H17ClN4O6. The number of methoxy groups -OCH3 is 1. The third-order valence-corrected chi connectivity index (χ3v) is 5.11. The van der Waals surface area contributed by atoms with E-state index in [1.807, 2.05) is 0 Å². The third-order valence-electron chi connectivity index (χ3n) is 4.89. The number of aromatic amines is 1. The van der Waals surface area contributed by atoms with Crippen LogP contribution in [0.3, 0.4) is 0 Å². The number of fused-ring (bicyclic) bond motifs is 1. The van der Waals surface area contributed by atoms with E-state index in [2.05, 4.69) is 10.1 Å². The number of halogens is 1. The number of nitro benzene ring substituents is 1. The van der Waals surface area contributed by atoms with Crippen molar-refractivity contribution in [1.82, 2.24) is 9.66 Å². The van der Waals surface area contributed by atoms with E-state index in [0.29, 0.717) is 37.5 Å². The first-order valence-electron chi connectivity index (χ1n) is 9.89. The van der Waals surface area contributed by atoms with Gasteiger partial charge in [0.15, 0.2) is 11.5 Å². The van der Waals surface area contributed by atoms with Crippen LogP contribution in [0.25, 0.3) is 10.9 Å². The molecule has 4 rings (SSSR count). The van der Waals surface area contributed by atoms with Crippen LogP contribution in [0.5, 0.6) is 11.5 Å². The number of nitro groups is 1. The number of benzene rings is 3. The maximum absolute atomic E-state index is 12.7. The molecule has 0 bridgehead atoms. The number of hydrogen-bond acceptors (Lipinski definition) is 7. The molecule has 4 aromatic rings. The minimum absolute atomic E-state index is 0.0355. The average Bonchev–Trinajstić information content (AvgIpc) is 2.83. The molecule has 0 atom stereocenters. The molecule has 10 nitrogen and oxygen atoms in total. The van der Waals surface area contributed by atoms with Gasteiger partial charge < -0.3 is 14.5 Å². The van der Waals surface area contributed by atoms with Gasteiger partial charge in [0, 0.05) is 28.8 Å². The van der Waals surface area contributed by atoms with Crippen LogP contribution in [0.2, 0.25) is 5.02 Å². The number of hydrogen-bond donors (Lipinski definition) is 1. The van der Waals surface area contributed by atoms with Crippen LogP contribution in [0.4, 0.5) is 5.69 Å². The summed E-state index contributed by atoms with van der Waals surface area (Å²) in [6, 6.07) is 15.6. The first-order chi connectivity index (χ1) is 16.4. The van der Waals surface area contributed by atoms with Crippen molar-refractivity contribution in [3.8, 4) is 11.5 Å². The Morgan fingerprint density at radius 1 is 1.15 bits per heavy atom. The zero-order valence-corrected chi connectivity index (χ0v) is 18.5. The van der Waals surface area contributed by atoms with Crippen molar-refractivity contribution in [2.75, 3.05) is 7.11 Å². The molecule has 0 aliphatic carbocycles. The molecule has 1 N–H and O–H groups in total. The molecule has 0 spiro atoms. The number of aromatic nitrogens is 2. The second-order valence-corrected chi connectivity index (χ2v) is 7.51. The van der Waals surface area contributed by atoms with Crippen molar-refractivity contribution < 1.29 is 14.4 Å². The minimum atomic E-state index is -0.706. The van der Waals surface area contributed by atoms with Gasteiger partial charge in [-0.3, -0.25) is 14.9 Å². The van der Waals surface area contributed by atoms with E-state index in [0.717, 1.165) is 0 Å². The second kappa shape index (κ2) is 9.59. The largest absolute Gasteiger partial charge is 0.493 e. The van der Waals surface area contributed by atoms with Crippen LogP contribution < -0.4 is 20.7 Å². The summed E-state index contributed by atoms with van der Waals surface area (Å²) in [7, 11) is 1.43. The molecule has 0 amide bonds. The molecule has 3 aromatic carbocycles. The van der Waals surface area contributed by atoms with Gasteiger partial charge in [0.25, 0.3) is 11.2 Å². The quantitative estimate of drug-likeness (QED) is 0.244. The molecule has 1 aromatic heterocycles. The number of nitrogens with one attached hydrogen (secondary N) is 1. The fourth-order valence-corrected chi connectivity index (χ4v) is 3.45. The molecule has 0 aliphatic heterocycles. The fourth-order valence-electron chi connectivity index (χ4n) is 3.24. The molecule has 11 heteroatoms. The van der Waals surface area contributed by atoms with Gasteiger partial charge in [0.1, 0.15) is 6.61 Å². The number of nitrogens with zero attached hydrogens (tertiary/aromatic N) is 3. The van der Waals surface area contributed by atoms with Gasteiger partial charge in [0.2, 0.25) is 0 Å². The lowest BCUT2D eigenvalue weighted by molar-refractivity contribution is -0.384. The van der Waals surface area contributed by atoms with Gasteiger partial charge in [-0.25, -0.2) is 4.79 Å². The van der Waals surface area contributed by atoms with Crippen molar-refractivity contribution in [2.45, 2.75) is 6.61 Å². The van der Waals surface area contributed by atoms with Gasteiger partial charge in [-0.2, -0.15) is 5.10 Å². The Bertz CT molecular complexity index is 1530. The zero-order valence-electron chi connectivity index (χ0n) is 17.7. The molecule has 0 saturated carbocycles. The summed E-state index contributed by atoms with van der Waals surface area (Å²) in [5.41, 5.74) is 0.103. The van der Waals surface area contributed by atoms with Crippen LogP contribution in [0.1, 0.15) is 11.1 Å². The Kier molecular flexibility index (Phi) is 6.42. The van der Waals surface area contributed by atoms with E-state index in [1.54, 1.807) is 48.5 Å². The Balaban J connectivity index is 1.70. The smallest absolute Gasteiger partial charge is 0.349 e. The van der Waals surface area contributed by atoms with E-state index in [1.165, 1.54) is 25.5 Å². The molecule has 0 unspecified atom stereocenters. The summed E-state index contributed by atoms with van der Waals surface area (Å²) >= 11 is 6.19. The van der Waals surface area contributed by atoms with E-state index in [9.17, 15) is 19.7 Å². The minimum Gasteiger partial charge on any atom is -0.493 e. The summed E-state index contributed by atoms with van der Waals surface area (Å²) in [5.74, 6) is 0.565. The zero-order chi connectivity index (χ0) is 24.2. The summed E-state index contributed by atoms with van der Waals surface area (Å²) in [4.78, 5) is 38.1. The highest BCUT2D eigenvalue weighted by atomic mass is 35.5. The van der Waals surface area contributed by atoms with Crippen molar-refractivity contribution in [3.63, 3.8) is 0 Å². The summed E-state index contributed by atoms with van der Waals surface area (Å²) in [6.45, 7) is 0.0628. The highest BCUT2D eigenvalue weighted by Gasteiger charge is 2.14. The topological polar surface area (TPSA) is 129 Å². The monoisotopic (exact) mass is 480 g/mol. The summed E-state index contributed by atoms with van der Waals surface area (Å²) < 4.78 is 12.0. The highest BCUT2D eigenvalue weighted by molar-refractivity contribution is 6.31. The molecule has 172 valence electrons. The van der Waals surface area contributed by atoms with E-state index >= 15 is 0 Å². The van der Waals surface area contributed by atoms with Crippen LogP contribution in [0.15, 0.2) is 75.4 Å². The maximum Gasteiger partial charge on any atom is 0.349 e. The molecule has 0 radical (unpaired) electrons. The van der Waals surface area contributed by atoms with Crippen LogP contribution in [0, 0.1) is 10.1 Å². The first kappa shape index (κ1) is 22.7. The van der Waals surface area contributed by atoms with Gasteiger partial charge in [-0.1, -0.05) is 23.7 Å².